The molecule has 1 aromatic carbocycles. The smallest absolute Gasteiger partial charge is 0.339 e. The summed E-state index contributed by atoms with van der Waals surface area (Å²) in [6.45, 7) is 0. The predicted molar refractivity (Wildman–Crippen MR) is 49.2 cm³/mol. The highest BCUT2D eigenvalue weighted by atomic mass is 16.6. The van der Waals surface area contributed by atoms with Gasteiger partial charge in [-0.2, -0.15) is 5.26 Å². The number of rotatable bonds is 2. The molecule has 0 amide bonds. The molecule has 0 heterocycles. The highest BCUT2D eigenvalue weighted by Gasteiger charge is 2.23. The number of nitriles is 1. The van der Waals surface area contributed by atoms with Gasteiger partial charge in [-0.25, -0.2) is 4.79 Å². The summed E-state index contributed by atoms with van der Waals surface area (Å²) >= 11 is 0. The average Bonchev–Trinajstić information content (AvgIpc) is 2.15. The van der Waals surface area contributed by atoms with Crippen molar-refractivity contribution in [2.24, 2.45) is 0 Å². The van der Waals surface area contributed by atoms with Crippen molar-refractivity contribution in [3.8, 4) is 6.07 Å². The van der Waals surface area contributed by atoms with Crippen LogP contribution in [0.5, 0.6) is 0 Å². The fourth-order valence-electron chi connectivity index (χ4n) is 1.10. The highest BCUT2D eigenvalue weighted by molar-refractivity contribution is 5.97. The first-order chi connectivity index (χ1) is 6.99. The normalized spacial score (nSPS) is 9.27. The summed E-state index contributed by atoms with van der Waals surface area (Å²) in [6, 6.07) is 3.55. The predicted octanol–water partition coefficient (Wildman–Crippen LogP) is 0.747. The van der Waals surface area contributed by atoms with Crippen molar-refractivity contribution < 1.29 is 14.8 Å². The molecule has 0 aliphatic rings. The Labute approximate surface area is 83.5 Å². The van der Waals surface area contributed by atoms with E-state index in [2.05, 4.69) is 0 Å². The molecule has 15 heavy (non-hydrogen) atoms. The zero-order valence-corrected chi connectivity index (χ0v) is 7.30. The van der Waals surface area contributed by atoms with E-state index in [9.17, 15) is 14.9 Å². The molecule has 0 fully saturated rings. The first-order valence-corrected chi connectivity index (χ1v) is 3.69. The van der Waals surface area contributed by atoms with Gasteiger partial charge < -0.3 is 10.8 Å². The van der Waals surface area contributed by atoms with Crippen LogP contribution in [0.2, 0.25) is 0 Å². The quantitative estimate of drug-likeness (QED) is 0.418. The molecule has 7 heteroatoms. The largest absolute Gasteiger partial charge is 0.478 e. The van der Waals surface area contributed by atoms with E-state index in [0.717, 1.165) is 12.1 Å². The first-order valence-electron chi connectivity index (χ1n) is 3.69. The fourth-order valence-corrected chi connectivity index (χ4v) is 1.10. The number of carboxylic acids is 1. The van der Waals surface area contributed by atoms with Gasteiger partial charge in [0.1, 0.15) is 17.2 Å². The second kappa shape index (κ2) is 3.63. The molecule has 0 unspecified atom stereocenters. The average molecular weight is 207 g/mol. The number of nitro benzene ring substituents is 1. The van der Waals surface area contributed by atoms with Crippen LogP contribution in [0.3, 0.4) is 0 Å². The number of hydrogen-bond acceptors (Lipinski definition) is 5. The molecule has 0 saturated heterocycles. The summed E-state index contributed by atoms with van der Waals surface area (Å²) in [4.78, 5) is 20.4. The second-order valence-corrected chi connectivity index (χ2v) is 2.60. The summed E-state index contributed by atoms with van der Waals surface area (Å²) in [5.41, 5.74) is 3.50. The number of carbonyl (C=O) groups is 1. The van der Waals surface area contributed by atoms with Crippen LogP contribution in [0.25, 0.3) is 0 Å². The standard InChI is InChI=1S/C8H5N3O4/c9-3-4-6(11(14)15)2-1-5(10)7(4)8(12)13/h1-2H,10H2,(H,12,13). The number of carboxylic acid groups (broad SMARTS) is 1. The Bertz CT molecular complexity index is 489. The summed E-state index contributed by atoms with van der Waals surface area (Å²) < 4.78 is 0. The summed E-state index contributed by atoms with van der Waals surface area (Å²) in [7, 11) is 0. The Kier molecular flexibility index (Phi) is 2.53. The molecule has 0 spiro atoms. The molecule has 0 aliphatic heterocycles. The van der Waals surface area contributed by atoms with Crippen LogP contribution in [0, 0.1) is 21.4 Å². The van der Waals surface area contributed by atoms with Gasteiger partial charge >= 0.3 is 5.97 Å². The Hall–Kier alpha value is -2.62. The zero-order chi connectivity index (χ0) is 11.6. The van der Waals surface area contributed by atoms with Gasteiger partial charge in [-0.15, -0.1) is 0 Å². The zero-order valence-electron chi connectivity index (χ0n) is 7.30. The molecule has 0 radical (unpaired) electrons. The monoisotopic (exact) mass is 207 g/mol. The van der Waals surface area contributed by atoms with Gasteiger partial charge in [-0.05, 0) is 6.07 Å². The molecule has 3 N–H and O–H groups in total. The summed E-state index contributed by atoms with van der Waals surface area (Å²) in [6.07, 6.45) is 0. The van der Waals surface area contributed by atoms with Gasteiger partial charge in [0.25, 0.3) is 5.69 Å². The molecule has 76 valence electrons. The third-order valence-corrected chi connectivity index (χ3v) is 1.74. The molecule has 0 aliphatic carbocycles. The van der Waals surface area contributed by atoms with Gasteiger partial charge in [-0.1, -0.05) is 0 Å². The Morgan fingerprint density at radius 2 is 2.20 bits per heavy atom. The van der Waals surface area contributed by atoms with Crippen molar-refractivity contribution in [1.82, 2.24) is 0 Å². The molecular formula is C8H5N3O4. The topological polar surface area (TPSA) is 130 Å². The molecule has 1 aromatic rings. The number of nitro groups is 1. The van der Waals surface area contributed by atoms with E-state index in [0.29, 0.717) is 0 Å². The third-order valence-electron chi connectivity index (χ3n) is 1.74. The van der Waals surface area contributed by atoms with E-state index in [1.54, 1.807) is 0 Å². The second-order valence-electron chi connectivity index (χ2n) is 2.60. The van der Waals surface area contributed by atoms with E-state index >= 15 is 0 Å². The minimum absolute atomic E-state index is 0.176. The van der Waals surface area contributed by atoms with Gasteiger partial charge in [0, 0.05) is 11.8 Å². The lowest BCUT2D eigenvalue weighted by molar-refractivity contribution is -0.385. The molecule has 0 saturated carbocycles. The maximum absolute atomic E-state index is 10.7. The van der Waals surface area contributed by atoms with E-state index in [-0.39, 0.29) is 5.69 Å². The Balaban J connectivity index is 3.64. The number of anilines is 1. The molecule has 1 rings (SSSR count). The number of nitrogen functional groups attached to an aromatic ring is 1. The van der Waals surface area contributed by atoms with Crippen LogP contribution in [-0.4, -0.2) is 16.0 Å². The number of benzene rings is 1. The van der Waals surface area contributed by atoms with Crippen molar-refractivity contribution >= 4 is 17.3 Å². The van der Waals surface area contributed by atoms with Crippen molar-refractivity contribution in [3.05, 3.63) is 33.4 Å². The molecule has 0 aromatic heterocycles. The van der Waals surface area contributed by atoms with Crippen molar-refractivity contribution in [2.45, 2.75) is 0 Å². The van der Waals surface area contributed by atoms with Crippen LogP contribution in [0.15, 0.2) is 12.1 Å². The Morgan fingerprint density at radius 3 is 2.60 bits per heavy atom. The number of hydrogen-bond donors (Lipinski definition) is 2. The number of aromatic carboxylic acids is 1. The molecular weight excluding hydrogens is 202 g/mol. The fraction of sp³-hybridized carbons (Fsp3) is 0. The van der Waals surface area contributed by atoms with Crippen LogP contribution in [-0.2, 0) is 0 Å². The van der Waals surface area contributed by atoms with Crippen LogP contribution in [0.1, 0.15) is 15.9 Å². The van der Waals surface area contributed by atoms with Crippen molar-refractivity contribution in [2.75, 3.05) is 5.73 Å². The van der Waals surface area contributed by atoms with Gasteiger partial charge in [0.2, 0.25) is 0 Å². The van der Waals surface area contributed by atoms with Crippen molar-refractivity contribution in [1.29, 1.82) is 5.26 Å². The van der Waals surface area contributed by atoms with E-state index in [4.69, 9.17) is 16.1 Å². The number of nitrogens with two attached hydrogens (primary N) is 1. The lowest BCUT2D eigenvalue weighted by atomic mass is 10.0. The first kappa shape index (κ1) is 10.5. The highest BCUT2D eigenvalue weighted by Crippen LogP contribution is 2.26. The maximum Gasteiger partial charge on any atom is 0.339 e. The summed E-state index contributed by atoms with van der Waals surface area (Å²) in [5.74, 6) is -1.47. The molecule has 0 bridgehead atoms. The number of nitrogens with zero attached hydrogens (tertiary/aromatic N) is 2. The van der Waals surface area contributed by atoms with Gasteiger partial charge in [0.15, 0.2) is 0 Å². The van der Waals surface area contributed by atoms with Gasteiger partial charge in [0.05, 0.1) is 4.92 Å². The molecule has 0 atom stereocenters. The molecule has 7 nitrogen and oxygen atoms in total. The van der Waals surface area contributed by atoms with E-state index < -0.39 is 27.7 Å². The van der Waals surface area contributed by atoms with Crippen LogP contribution < -0.4 is 5.73 Å². The van der Waals surface area contributed by atoms with Crippen molar-refractivity contribution in [3.63, 3.8) is 0 Å². The minimum atomic E-state index is -1.47. The summed E-state index contributed by atoms with van der Waals surface area (Å²) in [5, 5.41) is 27.9. The lowest BCUT2D eigenvalue weighted by Crippen LogP contribution is -2.07. The minimum Gasteiger partial charge on any atom is -0.478 e. The SMILES string of the molecule is N#Cc1c([N+](=O)[O-])ccc(N)c1C(=O)O. The van der Waals surface area contributed by atoms with Crippen LogP contribution >= 0.6 is 0 Å². The van der Waals surface area contributed by atoms with Crippen LogP contribution in [0.4, 0.5) is 11.4 Å². The van der Waals surface area contributed by atoms with E-state index in [1.165, 1.54) is 6.07 Å². The van der Waals surface area contributed by atoms with E-state index in [1.807, 2.05) is 0 Å². The van der Waals surface area contributed by atoms with Gasteiger partial charge in [-0.3, -0.25) is 10.1 Å². The maximum atomic E-state index is 10.7. The Morgan fingerprint density at radius 1 is 1.60 bits per heavy atom. The third kappa shape index (κ3) is 1.68. The lowest BCUT2D eigenvalue weighted by Gasteiger charge is -2.02.